The summed E-state index contributed by atoms with van der Waals surface area (Å²) < 4.78 is 0. The van der Waals surface area contributed by atoms with Crippen LogP contribution >= 0.6 is 0 Å². The minimum atomic E-state index is 0.411. The molecule has 56 valence electrons. The van der Waals surface area contributed by atoms with Crippen LogP contribution in [0.4, 0.5) is 0 Å². The van der Waals surface area contributed by atoms with E-state index in [9.17, 15) is 4.79 Å². The van der Waals surface area contributed by atoms with Gasteiger partial charge in [-0.1, -0.05) is 0 Å². The minimum Gasteiger partial charge on any atom is -0.314 e. The van der Waals surface area contributed by atoms with Gasteiger partial charge in [0.1, 0.15) is 5.78 Å². The Kier molecular flexibility index (Phi) is 1.47. The van der Waals surface area contributed by atoms with Gasteiger partial charge >= 0.3 is 0 Å². The number of carbonyl (C=O) groups is 1. The summed E-state index contributed by atoms with van der Waals surface area (Å²) >= 11 is 0. The summed E-state index contributed by atoms with van der Waals surface area (Å²) in [5.41, 5.74) is 0. The topological polar surface area (TPSA) is 32.3 Å². The molecule has 0 radical (unpaired) electrons. The Morgan fingerprint density at radius 3 is 3.30 bits per heavy atom. The fourth-order valence-electron chi connectivity index (χ4n) is 1.77. The van der Waals surface area contributed by atoms with Crippen LogP contribution in [-0.2, 0) is 4.79 Å². The van der Waals surface area contributed by atoms with Crippen LogP contribution in [0.25, 0.3) is 0 Å². The van der Waals surface area contributed by atoms with Crippen molar-refractivity contribution in [3.63, 3.8) is 0 Å². The van der Waals surface area contributed by atoms with Crippen LogP contribution in [0.5, 0.6) is 0 Å². The average molecular weight is 140 g/mol. The molecule has 0 bridgehead atoms. The molecule has 0 saturated carbocycles. The van der Waals surface area contributed by atoms with Crippen LogP contribution in [0, 0.1) is 0 Å². The summed E-state index contributed by atoms with van der Waals surface area (Å²) in [6.45, 7) is 3.80. The van der Waals surface area contributed by atoms with Gasteiger partial charge in [-0.25, -0.2) is 0 Å². The van der Waals surface area contributed by atoms with Crippen LogP contribution in [0.15, 0.2) is 0 Å². The third-order valence-corrected chi connectivity index (χ3v) is 2.31. The van der Waals surface area contributed by atoms with E-state index in [1.807, 2.05) is 0 Å². The van der Waals surface area contributed by atoms with Crippen molar-refractivity contribution < 1.29 is 4.79 Å². The van der Waals surface area contributed by atoms with E-state index in [4.69, 9.17) is 0 Å². The van der Waals surface area contributed by atoms with E-state index >= 15 is 0 Å². The van der Waals surface area contributed by atoms with E-state index in [-0.39, 0.29) is 0 Å². The number of hydrogen-bond acceptors (Lipinski definition) is 3. The van der Waals surface area contributed by atoms with Gasteiger partial charge < -0.3 is 5.32 Å². The van der Waals surface area contributed by atoms with Crippen LogP contribution in [0.2, 0.25) is 0 Å². The maximum absolute atomic E-state index is 10.9. The Balaban J connectivity index is 2.04. The van der Waals surface area contributed by atoms with E-state index < -0.39 is 0 Å². The second kappa shape index (κ2) is 2.32. The number of hydrogen-bond donors (Lipinski definition) is 1. The van der Waals surface area contributed by atoms with Crippen LogP contribution in [-0.4, -0.2) is 42.9 Å². The Labute approximate surface area is 60.4 Å². The summed E-state index contributed by atoms with van der Waals surface area (Å²) in [6, 6.07) is 0.515. The predicted molar refractivity (Wildman–Crippen MR) is 37.9 cm³/mol. The predicted octanol–water partition coefficient (Wildman–Crippen LogP) is -0.767. The lowest BCUT2D eigenvalue weighted by molar-refractivity contribution is -0.116. The second-order valence-electron chi connectivity index (χ2n) is 3.07. The normalized spacial score (nSPS) is 34.4. The molecule has 1 unspecified atom stereocenters. The molecule has 0 spiro atoms. The van der Waals surface area contributed by atoms with Crippen molar-refractivity contribution in [1.82, 2.24) is 10.2 Å². The Hall–Kier alpha value is -0.410. The zero-order valence-corrected chi connectivity index (χ0v) is 5.97. The third-order valence-electron chi connectivity index (χ3n) is 2.31. The van der Waals surface area contributed by atoms with E-state index in [0.717, 1.165) is 26.1 Å². The van der Waals surface area contributed by atoms with E-state index in [1.54, 1.807) is 0 Å². The first-order valence-corrected chi connectivity index (χ1v) is 3.83. The lowest BCUT2D eigenvalue weighted by Gasteiger charge is -2.28. The summed E-state index contributed by atoms with van der Waals surface area (Å²) in [4.78, 5) is 13.2. The number of carbonyl (C=O) groups excluding carboxylic acids is 1. The van der Waals surface area contributed by atoms with Gasteiger partial charge in [-0.05, 0) is 0 Å². The summed E-state index contributed by atoms with van der Waals surface area (Å²) in [5.74, 6) is 0.411. The monoisotopic (exact) mass is 140 g/mol. The first kappa shape index (κ1) is 6.31. The first-order valence-electron chi connectivity index (χ1n) is 3.83. The lowest BCUT2D eigenvalue weighted by atomic mass is 10.2. The molecule has 2 rings (SSSR count). The smallest absolute Gasteiger partial charge is 0.148 e. The van der Waals surface area contributed by atoms with Gasteiger partial charge in [0.15, 0.2) is 0 Å². The molecule has 2 heterocycles. The molecule has 1 N–H and O–H groups in total. The molecule has 3 nitrogen and oxygen atoms in total. The van der Waals surface area contributed by atoms with Gasteiger partial charge in [0.25, 0.3) is 0 Å². The van der Waals surface area contributed by atoms with Crippen LogP contribution < -0.4 is 5.32 Å². The van der Waals surface area contributed by atoms with Crippen LogP contribution in [0.1, 0.15) is 6.42 Å². The SMILES string of the molecule is O=C1CC2CNCCN2C1. The molecular weight excluding hydrogens is 128 g/mol. The van der Waals surface area contributed by atoms with E-state index in [1.165, 1.54) is 0 Å². The van der Waals surface area contributed by atoms with Gasteiger partial charge in [0.05, 0.1) is 6.54 Å². The molecule has 0 amide bonds. The number of piperazine rings is 1. The van der Waals surface area contributed by atoms with Crippen molar-refractivity contribution >= 4 is 5.78 Å². The minimum absolute atomic E-state index is 0.411. The molecule has 2 aliphatic rings. The molecule has 3 heteroatoms. The quantitative estimate of drug-likeness (QED) is 0.479. The number of ketones is 1. The van der Waals surface area contributed by atoms with E-state index in [0.29, 0.717) is 18.4 Å². The van der Waals surface area contributed by atoms with Crippen molar-refractivity contribution in [2.24, 2.45) is 0 Å². The van der Waals surface area contributed by atoms with Crippen molar-refractivity contribution in [3.8, 4) is 0 Å². The van der Waals surface area contributed by atoms with Crippen molar-refractivity contribution in [2.75, 3.05) is 26.2 Å². The zero-order chi connectivity index (χ0) is 6.97. The largest absolute Gasteiger partial charge is 0.314 e. The van der Waals surface area contributed by atoms with Crippen molar-refractivity contribution in [1.29, 1.82) is 0 Å². The molecule has 0 aromatic heterocycles. The zero-order valence-electron chi connectivity index (χ0n) is 5.97. The van der Waals surface area contributed by atoms with Crippen LogP contribution in [0.3, 0.4) is 0 Å². The molecule has 0 aromatic rings. The fraction of sp³-hybridized carbons (Fsp3) is 0.857. The molecule has 0 aromatic carbocycles. The highest BCUT2D eigenvalue weighted by molar-refractivity contribution is 5.83. The Bertz CT molecular complexity index is 142. The average Bonchev–Trinajstić information content (AvgIpc) is 2.27. The van der Waals surface area contributed by atoms with Crippen molar-refractivity contribution in [3.05, 3.63) is 0 Å². The van der Waals surface area contributed by atoms with Gasteiger partial charge in [-0.2, -0.15) is 0 Å². The number of nitrogens with one attached hydrogen (secondary N) is 1. The first-order chi connectivity index (χ1) is 4.86. The molecule has 2 fully saturated rings. The van der Waals surface area contributed by atoms with E-state index in [2.05, 4.69) is 10.2 Å². The molecule has 10 heavy (non-hydrogen) atoms. The highest BCUT2D eigenvalue weighted by Gasteiger charge is 2.31. The molecule has 2 aliphatic heterocycles. The summed E-state index contributed by atoms with van der Waals surface area (Å²) in [5, 5.41) is 3.28. The number of rotatable bonds is 0. The van der Waals surface area contributed by atoms with Gasteiger partial charge in [-0.15, -0.1) is 0 Å². The number of fused-ring (bicyclic) bond motifs is 1. The highest BCUT2D eigenvalue weighted by atomic mass is 16.1. The van der Waals surface area contributed by atoms with Crippen molar-refractivity contribution in [2.45, 2.75) is 12.5 Å². The van der Waals surface area contributed by atoms with Gasteiger partial charge in [0, 0.05) is 32.1 Å². The third kappa shape index (κ3) is 0.954. The highest BCUT2D eigenvalue weighted by Crippen LogP contribution is 2.14. The summed E-state index contributed by atoms with van der Waals surface area (Å²) in [7, 11) is 0. The standard InChI is InChI=1S/C7H12N2O/c10-7-3-6-4-8-1-2-9(6)5-7/h6,8H,1-5H2. The lowest BCUT2D eigenvalue weighted by Crippen LogP contribution is -2.47. The van der Waals surface area contributed by atoms with Gasteiger partial charge in [-0.3, -0.25) is 9.69 Å². The number of nitrogens with zero attached hydrogens (tertiary/aromatic N) is 1. The van der Waals surface area contributed by atoms with Gasteiger partial charge in [0.2, 0.25) is 0 Å². The Morgan fingerprint density at radius 2 is 2.50 bits per heavy atom. The summed E-state index contributed by atoms with van der Waals surface area (Å²) in [6.07, 6.45) is 0.771. The molecule has 1 atom stereocenters. The Morgan fingerprint density at radius 1 is 1.60 bits per heavy atom. The maximum Gasteiger partial charge on any atom is 0.148 e. The molecule has 2 saturated heterocycles. The molecule has 0 aliphatic carbocycles. The fourth-order valence-corrected chi connectivity index (χ4v) is 1.77. The maximum atomic E-state index is 10.9. The second-order valence-corrected chi connectivity index (χ2v) is 3.07. The number of Topliss-reactive ketones (excluding diaryl/α,β-unsaturated/α-hetero) is 1. The molecular formula is C7H12N2O.